The minimum Gasteiger partial charge on any atom is -0.332 e. The molecule has 0 radical (unpaired) electrons. The zero-order valence-electron chi connectivity index (χ0n) is 13.3. The molecule has 1 saturated carbocycles. The summed E-state index contributed by atoms with van der Waals surface area (Å²) in [6.45, 7) is 0.788. The molecular weight excluding hydrogens is 347 g/mol. The van der Waals surface area contributed by atoms with E-state index >= 15 is 0 Å². The van der Waals surface area contributed by atoms with Crippen molar-refractivity contribution in [3.8, 4) is 0 Å². The topological polar surface area (TPSA) is 51.0 Å². The van der Waals surface area contributed by atoms with Gasteiger partial charge in [-0.2, -0.15) is 0 Å². The SMILES string of the molecule is Cn1cnnc1[C@@H]1CCCN1C(=O)[C@H]1C[C@H]1c1cc(Cl)cc(Cl)c1. The molecule has 1 aliphatic carbocycles. The third-order valence-corrected chi connectivity index (χ3v) is 5.44. The van der Waals surface area contributed by atoms with E-state index in [1.807, 2.05) is 28.6 Å². The first-order valence-corrected chi connectivity index (χ1v) is 8.90. The molecule has 1 amide bonds. The monoisotopic (exact) mass is 364 g/mol. The Morgan fingerprint density at radius 1 is 1.25 bits per heavy atom. The van der Waals surface area contributed by atoms with Gasteiger partial charge in [-0.15, -0.1) is 10.2 Å². The number of rotatable bonds is 3. The zero-order chi connectivity index (χ0) is 16.8. The molecule has 126 valence electrons. The van der Waals surface area contributed by atoms with Crippen LogP contribution < -0.4 is 0 Å². The van der Waals surface area contributed by atoms with Crippen molar-refractivity contribution in [2.45, 2.75) is 31.2 Å². The van der Waals surface area contributed by atoms with Crippen molar-refractivity contribution in [3.63, 3.8) is 0 Å². The maximum absolute atomic E-state index is 13.0. The molecule has 0 N–H and O–H groups in total. The van der Waals surface area contributed by atoms with Crippen molar-refractivity contribution in [2.75, 3.05) is 6.54 Å². The molecule has 1 aromatic heterocycles. The maximum atomic E-state index is 13.0. The van der Waals surface area contributed by atoms with E-state index in [9.17, 15) is 4.79 Å². The summed E-state index contributed by atoms with van der Waals surface area (Å²) in [6, 6.07) is 5.58. The minimum absolute atomic E-state index is 0.0216. The molecule has 1 aromatic carbocycles. The van der Waals surface area contributed by atoms with Crippen molar-refractivity contribution in [3.05, 3.63) is 46.0 Å². The quantitative estimate of drug-likeness (QED) is 0.835. The number of aromatic nitrogens is 3. The molecule has 2 aliphatic rings. The van der Waals surface area contributed by atoms with E-state index in [2.05, 4.69) is 10.2 Å². The van der Waals surface area contributed by atoms with Gasteiger partial charge in [0, 0.05) is 29.6 Å². The van der Waals surface area contributed by atoms with E-state index in [1.54, 1.807) is 12.4 Å². The van der Waals surface area contributed by atoms with Crippen LogP contribution >= 0.6 is 23.2 Å². The summed E-state index contributed by atoms with van der Waals surface area (Å²) in [6.07, 6.45) is 4.49. The first-order valence-electron chi connectivity index (χ1n) is 8.15. The van der Waals surface area contributed by atoms with Crippen LogP contribution in [0.15, 0.2) is 24.5 Å². The number of hydrogen-bond acceptors (Lipinski definition) is 3. The van der Waals surface area contributed by atoms with Crippen LogP contribution in [-0.2, 0) is 11.8 Å². The number of benzene rings is 1. The van der Waals surface area contributed by atoms with Crippen molar-refractivity contribution < 1.29 is 4.79 Å². The predicted molar refractivity (Wildman–Crippen MR) is 92.0 cm³/mol. The predicted octanol–water partition coefficient (Wildman–Crippen LogP) is 3.59. The summed E-state index contributed by atoms with van der Waals surface area (Å²) >= 11 is 12.2. The smallest absolute Gasteiger partial charge is 0.226 e. The molecule has 5 nitrogen and oxygen atoms in total. The number of amides is 1. The average Bonchev–Trinajstić information content (AvgIpc) is 2.99. The summed E-state index contributed by atoms with van der Waals surface area (Å²) in [5, 5.41) is 9.38. The molecular formula is C17H18Cl2N4O. The maximum Gasteiger partial charge on any atom is 0.226 e. The first kappa shape index (κ1) is 15.9. The van der Waals surface area contributed by atoms with Gasteiger partial charge in [-0.05, 0) is 48.9 Å². The summed E-state index contributed by atoms with van der Waals surface area (Å²) in [5.41, 5.74) is 1.06. The lowest BCUT2D eigenvalue weighted by molar-refractivity contribution is -0.133. The molecule has 3 atom stereocenters. The standard InChI is InChI=1S/C17H18Cl2N4O/c1-22-9-20-21-16(22)15-3-2-4-23(15)17(24)14-8-13(14)10-5-11(18)7-12(19)6-10/h5-7,9,13-15H,2-4,8H2,1H3/t13-,14-,15-/m0/s1. The Kier molecular flexibility index (Phi) is 4.01. The molecule has 4 rings (SSSR count). The molecule has 2 aromatic rings. The van der Waals surface area contributed by atoms with Crippen LogP contribution in [0.5, 0.6) is 0 Å². The first-order chi connectivity index (χ1) is 11.5. The van der Waals surface area contributed by atoms with Gasteiger partial charge in [0.1, 0.15) is 6.33 Å². The highest BCUT2D eigenvalue weighted by atomic mass is 35.5. The molecule has 7 heteroatoms. The second-order valence-electron chi connectivity index (χ2n) is 6.64. The van der Waals surface area contributed by atoms with Crippen LogP contribution in [0.25, 0.3) is 0 Å². The largest absolute Gasteiger partial charge is 0.332 e. The summed E-state index contributed by atoms with van der Waals surface area (Å²) in [7, 11) is 1.92. The Hall–Kier alpha value is -1.59. The second-order valence-corrected chi connectivity index (χ2v) is 7.51. The second kappa shape index (κ2) is 6.05. The fourth-order valence-corrected chi connectivity index (χ4v) is 4.27. The van der Waals surface area contributed by atoms with Gasteiger partial charge in [-0.25, -0.2) is 0 Å². The summed E-state index contributed by atoms with van der Waals surface area (Å²) in [4.78, 5) is 15.0. The number of halogens is 2. The van der Waals surface area contributed by atoms with Gasteiger partial charge in [0.15, 0.2) is 5.82 Å². The molecule has 2 heterocycles. The number of nitrogens with zero attached hydrogens (tertiary/aromatic N) is 4. The summed E-state index contributed by atoms with van der Waals surface area (Å²) in [5.74, 6) is 1.31. The van der Waals surface area contributed by atoms with Crippen molar-refractivity contribution in [1.29, 1.82) is 0 Å². The van der Waals surface area contributed by atoms with E-state index in [0.717, 1.165) is 37.2 Å². The van der Waals surface area contributed by atoms with Gasteiger partial charge in [0.25, 0.3) is 0 Å². The van der Waals surface area contributed by atoms with Crippen LogP contribution in [0, 0.1) is 5.92 Å². The van der Waals surface area contributed by atoms with Gasteiger partial charge in [-0.1, -0.05) is 23.2 Å². The number of aryl methyl sites for hydroxylation is 1. The van der Waals surface area contributed by atoms with Crippen LogP contribution in [0.2, 0.25) is 10.0 Å². The normalized spacial score (nSPS) is 26.0. The van der Waals surface area contributed by atoms with E-state index in [0.29, 0.717) is 10.0 Å². The molecule has 0 unspecified atom stereocenters. The minimum atomic E-state index is 0.0216. The Balaban J connectivity index is 1.51. The zero-order valence-corrected chi connectivity index (χ0v) is 14.8. The van der Waals surface area contributed by atoms with E-state index in [-0.39, 0.29) is 23.8 Å². The van der Waals surface area contributed by atoms with Crippen molar-refractivity contribution in [2.24, 2.45) is 13.0 Å². The number of likely N-dealkylation sites (tertiary alicyclic amines) is 1. The van der Waals surface area contributed by atoms with Crippen LogP contribution in [0.1, 0.15) is 42.6 Å². The van der Waals surface area contributed by atoms with E-state index in [4.69, 9.17) is 23.2 Å². The third kappa shape index (κ3) is 2.80. The molecule has 24 heavy (non-hydrogen) atoms. The molecule has 2 fully saturated rings. The Morgan fingerprint density at radius 3 is 2.67 bits per heavy atom. The third-order valence-electron chi connectivity index (χ3n) is 5.00. The fraction of sp³-hybridized carbons (Fsp3) is 0.471. The lowest BCUT2D eigenvalue weighted by atomic mass is 10.1. The number of carbonyl (C=O) groups excluding carboxylic acids is 1. The van der Waals surface area contributed by atoms with Crippen LogP contribution in [-0.4, -0.2) is 32.1 Å². The number of hydrogen-bond donors (Lipinski definition) is 0. The molecule has 1 aliphatic heterocycles. The van der Waals surface area contributed by atoms with E-state index < -0.39 is 0 Å². The van der Waals surface area contributed by atoms with Gasteiger partial charge >= 0.3 is 0 Å². The lowest BCUT2D eigenvalue weighted by Gasteiger charge is -2.24. The van der Waals surface area contributed by atoms with Gasteiger partial charge in [0.2, 0.25) is 5.91 Å². The highest BCUT2D eigenvalue weighted by Gasteiger charge is 2.48. The molecule has 1 saturated heterocycles. The van der Waals surface area contributed by atoms with Crippen molar-refractivity contribution >= 4 is 29.1 Å². The van der Waals surface area contributed by atoms with Gasteiger partial charge < -0.3 is 9.47 Å². The highest BCUT2D eigenvalue weighted by molar-refractivity contribution is 6.34. The lowest BCUT2D eigenvalue weighted by Crippen LogP contribution is -2.33. The fourth-order valence-electron chi connectivity index (χ4n) is 3.73. The van der Waals surface area contributed by atoms with E-state index in [1.165, 1.54) is 0 Å². The summed E-state index contributed by atoms with van der Waals surface area (Å²) < 4.78 is 1.90. The van der Waals surface area contributed by atoms with Crippen molar-refractivity contribution in [1.82, 2.24) is 19.7 Å². The number of carbonyl (C=O) groups is 1. The van der Waals surface area contributed by atoms with Crippen LogP contribution in [0.3, 0.4) is 0 Å². The molecule has 0 spiro atoms. The van der Waals surface area contributed by atoms with Gasteiger partial charge in [0.05, 0.1) is 6.04 Å². The highest BCUT2D eigenvalue weighted by Crippen LogP contribution is 2.50. The Bertz CT molecular complexity index is 770. The Morgan fingerprint density at radius 2 is 2.00 bits per heavy atom. The van der Waals surface area contributed by atoms with Crippen LogP contribution in [0.4, 0.5) is 0 Å². The molecule has 0 bridgehead atoms. The Labute approximate surface area is 150 Å². The average molecular weight is 365 g/mol. The van der Waals surface area contributed by atoms with Gasteiger partial charge in [-0.3, -0.25) is 4.79 Å².